The van der Waals surface area contributed by atoms with E-state index < -0.39 is 11.9 Å². The number of carboxylic acids is 2. The Morgan fingerprint density at radius 1 is 0.381 bits per heavy atom. The molecule has 2 atom stereocenters. The van der Waals surface area contributed by atoms with Gasteiger partial charge in [0.1, 0.15) is 0 Å². The van der Waals surface area contributed by atoms with Gasteiger partial charge in [-0.25, -0.2) is 0 Å². The van der Waals surface area contributed by atoms with E-state index in [1.54, 1.807) is 0 Å². The number of unbranched alkanes of at least 4 members (excludes halogenated alkanes) is 20. The summed E-state index contributed by atoms with van der Waals surface area (Å²) < 4.78 is 0. The lowest BCUT2D eigenvalue weighted by Gasteiger charge is -2.10. The second kappa shape index (κ2) is 36.1. The zero-order valence-electron chi connectivity index (χ0n) is 28.0. The first-order valence-corrected chi connectivity index (χ1v) is 18.1. The van der Waals surface area contributed by atoms with Gasteiger partial charge >= 0.3 is 11.9 Å². The molecule has 0 rings (SSSR count). The van der Waals surface area contributed by atoms with Crippen molar-refractivity contribution in [1.29, 1.82) is 0 Å². The molecule has 0 spiro atoms. The first-order chi connectivity index (χ1) is 20.3. The second-order valence-electron chi connectivity index (χ2n) is 12.5. The van der Waals surface area contributed by atoms with Gasteiger partial charge in [0.05, 0.1) is 12.2 Å². The van der Waals surface area contributed by atoms with E-state index in [0.29, 0.717) is 12.8 Å². The van der Waals surface area contributed by atoms with Gasteiger partial charge in [-0.05, 0) is 38.5 Å². The number of hydrogen-bond donors (Lipinski definition) is 4. The number of carbonyl (C=O) groups is 2. The summed E-state index contributed by atoms with van der Waals surface area (Å²) in [5.74, 6) is -1.37. The van der Waals surface area contributed by atoms with Crippen LogP contribution >= 0.6 is 0 Å². The van der Waals surface area contributed by atoms with E-state index in [4.69, 9.17) is 10.2 Å². The molecule has 0 fully saturated rings. The van der Waals surface area contributed by atoms with Crippen LogP contribution in [-0.4, -0.2) is 44.6 Å². The van der Waals surface area contributed by atoms with Crippen molar-refractivity contribution in [2.75, 3.05) is 0 Å². The third-order valence-electron chi connectivity index (χ3n) is 8.14. The number of carboxylic acid groups (broad SMARTS) is 2. The second-order valence-corrected chi connectivity index (χ2v) is 12.5. The number of rotatable bonds is 32. The minimum atomic E-state index is -0.687. The van der Waals surface area contributed by atoms with Crippen molar-refractivity contribution in [3.63, 3.8) is 0 Å². The average Bonchev–Trinajstić information content (AvgIpc) is 2.95. The molecule has 0 bridgehead atoms. The van der Waals surface area contributed by atoms with E-state index in [1.165, 1.54) is 103 Å². The fourth-order valence-electron chi connectivity index (χ4n) is 5.34. The van der Waals surface area contributed by atoms with Crippen molar-refractivity contribution in [2.24, 2.45) is 0 Å². The largest absolute Gasteiger partial charge is 0.481 e. The predicted octanol–water partition coefficient (Wildman–Crippen LogP) is 10.6. The van der Waals surface area contributed by atoms with Gasteiger partial charge in [-0.2, -0.15) is 0 Å². The molecule has 0 saturated heterocycles. The van der Waals surface area contributed by atoms with Gasteiger partial charge in [0.15, 0.2) is 0 Å². The van der Waals surface area contributed by atoms with Crippen LogP contribution in [0.15, 0.2) is 0 Å². The zero-order valence-corrected chi connectivity index (χ0v) is 28.0. The zero-order chi connectivity index (χ0) is 31.5. The van der Waals surface area contributed by atoms with Gasteiger partial charge in [0.25, 0.3) is 0 Å². The summed E-state index contributed by atoms with van der Waals surface area (Å²) in [7, 11) is 0. The molecule has 0 heterocycles. The lowest BCUT2D eigenvalue weighted by Crippen LogP contribution is -2.05. The quantitative estimate of drug-likeness (QED) is 0.0571. The molecule has 0 aromatic heterocycles. The molecule has 0 aliphatic carbocycles. The molecule has 6 heteroatoms. The van der Waals surface area contributed by atoms with Crippen LogP contribution in [0.2, 0.25) is 0 Å². The lowest BCUT2D eigenvalue weighted by molar-refractivity contribution is -0.138. The Labute approximate surface area is 260 Å². The van der Waals surface area contributed by atoms with Crippen LogP contribution in [0.3, 0.4) is 0 Å². The number of aliphatic hydroxyl groups is 2. The van der Waals surface area contributed by atoms with Crippen LogP contribution in [0.4, 0.5) is 0 Å². The predicted molar refractivity (Wildman–Crippen MR) is 177 cm³/mol. The van der Waals surface area contributed by atoms with Crippen molar-refractivity contribution in [2.45, 2.75) is 219 Å². The summed E-state index contributed by atoms with van der Waals surface area (Å²) in [6, 6.07) is 0. The maximum Gasteiger partial charge on any atom is 0.303 e. The number of hydrogen-bond acceptors (Lipinski definition) is 4. The third-order valence-corrected chi connectivity index (χ3v) is 8.14. The molecule has 4 N–H and O–H groups in total. The molecule has 6 nitrogen and oxygen atoms in total. The molecule has 0 aliphatic rings. The first kappa shape index (κ1) is 43.0. The van der Waals surface area contributed by atoms with Gasteiger partial charge in [0, 0.05) is 12.8 Å². The van der Waals surface area contributed by atoms with E-state index in [2.05, 4.69) is 13.8 Å². The molecule has 0 aromatic rings. The van der Waals surface area contributed by atoms with Crippen molar-refractivity contribution < 1.29 is 30.0 Å². The van der Waals surface area contributed by atoms with Crippen molar-refractivity contribution in [3.05, 3.63) is 0 Å². The summed E-state index contributed by atoms with van der Waals surface area (Å²) in [5, 5.41) is 36.8. The Hall–Kier alpha value is -1.14. The van der Waals surface area contributed by atoms with Gasteiger partial charge in [-0.1, -0.05) is 155 Å². The van der Waals surface area contributed by atoms with Gasteiger partial charge in [-0.3, -0.25) is 9.59 Å². The monoisotopic (exact) mass is 601 g/mol. The highest BCUT2D eigenvalue weighted by atomic mass is 16.4. The summed E-state index contributed by atoms with van der Waals surface area (Å²) in [5.41, 5.74) is 0. The van der Waals surface area contributed by atoms with E-state index in [9.17, 15) is 19.8 Å². The Morgan fingerprint density at radius 2 is 0.595 bits per heavy atom. The molecular weight excluding hydrogens is 528 g/mol. The number of aliphatic carboxylic acids is 2. The molecule has 252 valence electrons. The van der Waals surface area contributed by atoms with Crippen molar-refractivity contribution in [1.82, 2.24) is 0 Å². The van der Waals surface area contributed by atoms with Crippen molar-refractivity contribution >= 4 is 11.9 Å². The van der Waals surface area contributed by atoms with Crippen LogP contribution in [0.5, 0.6) is 0 Å². The van der Waals surface area contributed by atoms with Gasteiger partial charge in [0.2, 0.25) is 0 Å². The molecule has 0 radical (unpaired) electrons. The SMILES string of the molecule is CCCCCCCCC(O)CCCCCCCCC(=O)O.CCCCCCCC[C@@H](O)CCCCCCCCC(=O)O. The highest BCUT2D eigenvalue weighted by molar-refractivity contribution is 5.66. The number of aliphatic hydroxyl groups excluding tert-OH is 2. The van der Waals surface area contributed by atoms with Crippen LogP contribution in [0.1, 0.15) is 206 Å². The average molecular weight is 601 g/mol. The van der Waals surface area contributed by atoms with Gasteiger partial charge in [-0.15, -0.1) is 0 Å². The van der Waals surface area contributed by atoms with E-state index >= 15 is 0 Å². The Morgan fingerprint density at radius 3 is 0.833 bits per heavy atom. The molecule has 0 saturated carbocycles. The normalized spacial score (nSPS) is 12.5. The van der Waals surface area contributed by atoms with Gasteiger partial charge < -0.3 is 20.4 Å². The van der Waals surface area contributed by atoms with Crippen LogP contribution < -0.4 is 0 Å². The fourth-order valence-corrected chi connectivity index (χ4v) is 5.34. The highest BCUT2D eigenvalue weighted by Gasteiger charge is 2.05. The smallest absolute Gasteiger partial charge is 0.303 e. The Kier molecular flexibility index (Phi) is 36.9. The van der Waals surface area contributed by atoms with Crippen LogP contribution in [0.25, 0.3) is 0 Å². The third kappa shape index (κ3) is 41.0. The Balaban J connectivity index is 0. The van der Waals surface area contributed by atoms with Crippen LogP contribution in [-0.2, 0) is 9.59 Å². The summed E-state index contributed by atoms with van der Waals surface area (Å²) in [6.07, 6.45) is 32.4. The van der Waals surface area contributed by atoms with E-state index in [1.807, 2.05) is 0 Å². The maximum absolute atomic E-state index is 10.3. The molecule has 0 amide bonds. The molecule has 1 unspecified atom stereocenters. The van der Waals surface area contributed by atoms with E-state index in [-0.39, 0.29) is 12.2 Å². The topological polar surface area (TPSA) is 115 Å². The first-order valence-electron chi connectivity index (χ1n) is 18.1. The lowest BCUT2D eigenvalue weighted by atomic mass is 10.0. The summed E-state index contributed by atoms with van der Waals surface area (Å²) in [4.78, 5) is 20.7. The fraction of sp³-hybridized carbons (Fsp3) is 0.944. The summed E-state index contributed by atoms with van der Waals surface area (Å²) in [6.45, 7) is 4.46. The molecule has 0 aromatic carbocycles. The molecule has 0 aliphatic heterocycles. The molecule has 42 heavy (non-hydrogen) atoms. The summed E-state index contributed by atoms with van der Waals surface area (Å²) >= 11 is 0. The van der Waals surface area contributed by atoms with Crippen LogP contribution in [0, 0.1) is 0 Å². The maximum atomic E-state index is 10.3. The minimum absolute atomic E-state index is 0.108. The van der Waals surface area contributed by atoms with E-state index in [0.717, 1.165) is 77.0 Å². The van der Waals surface area contributed by atoms with Crippen molar-refractivity contribution in [3.8, 4) is 0 Å². The molecular formula is C36H72O6. The Bertz CT molecular complexity index is 505. The highest BCUT2D eigenvalue weighted by Crippen LogP contribution is 2.16. The minimum Gasteiger partial charge on any atom is -0.481 e. The standard InChI is InChI=1S/2C18H36O3/c2*1-2-3-4-5-8-11-14-17(19)15-12-9-6-7-10-13-16-18(20)21/h2*17,19H,2-16H2,1H3,(H,20,21)/t17-;/m1./s1.